The minimum atomic E-state index is -3.50. The van der Waals surface area contributed by atoms with Gasteiger partial charge in [0, 0.05) is 18.8 Å². The van der Waals surface area contributed by atoms with Crippen LogP contribution in [0.3, 0.4) is 0 Å². The van der Waals surface area contributed by atoms with Crippen LogP contribution in [0.4, 0.5) is 4.39 Å². The Hall–Kier alpha value is -2.06. The van der Waals surface area contributed by atoms with Crippen LogP contribution in [0.1, 0.15) is 12.0 Å². The molecular weight excluding hydrogens is 321 g/mol. The van der Waals surface area contributed by atoms with Gasteiger partial charge in [-0.15, -0.1) is 5.10 Å². The Balaban J connectivity index is 1.63. The molecule has 1 atom stereocenters. The number of rotatable bonds is 5. The lowest BCUT2D eigenvalue weighted by Gasteiger charge is -2.17. The lowest BCUT2D eigenvalue weighted by molar-refractivity contribution is 0.204. The highest BCUT2D eigenvalue weighted by atomic mass is 32.2. The van der Waals surface area contributed by atoms with Crippen LogP contribution in [0.25, 0.3) is 0 Å². The maximum atomic E-state index is 13.2. The van der Waals surface area contributed by atoms with Crippen molar-refractivity contribution in [2.45, 2.75) is 18.3 Å². The van der Waals surface area contributed by atoms with Gasteiger partial charge in [-0.1, -0.05) is 12.1 Å². The summed E-state index contributed by atoms with van der Waals surface area (Å²) >= 11 is 0. The molecule has 8 heteroatoms. The van der Waals surface area contributed by atoms with Gasteiger partial charge in [0.05, 0.1) is 12.3 Å². The first-order chi connectivity index (χ1) is 11.0. The van der Waals surface area contributed by atoms with E-state index in [0.29, 0.717) is 24.4 Å². The van der Waals surface area contributed by atoms with Crippen LogP contribution in [-0.2, 0) is 15.8 Å². The van der Waals surface area contributed by atoms with E-state index in [0.717, 1.165) is 0 Å². The average molecular weight is 337 g/mol. The second-order valence-corrected chi connectivity index (χ2v) is 7.30. The van der Waals surface area contributed by atoms with Crippen molar-refractivity contribution in [3.63, 3.8) is 0 Å². The molecule has 1 fully saturated rings. The molecule has 0 spiro atoms. The maximum absolute atomic E-state index is 13.2. The van der Waals surface area contributed by atoms with Crippen LogP contribution in [-0.4, -0.2) is 42.1 Å². The normalized spacial score (nSPS) is 18.9. The first-order valence-corrected chi connectivity index (χ1v) is 8.80. The van der Waals surface area contributed by atoms with E-state index in [9.17, 15) is 12.8 Å². The van der Waals surface area contributed by atoms with E-state index in [1.807, 2.05) is 0 Å². The summed E-state index contributed by atoms with van der Waals surface area (Å²) in [5.41, 5.74) is 0.434. The van der Waals surface area contributed by atoms with Crippen molar-refractivity contribution >= 4 is 10.0 Å². The Kier molecular flexibility index (Phi) is 4.53. The molecular formula is C15H16FN3O3S. The van der Waals surface area contributed by atoms with Crippen LogP contribution in [0.15, 0.2) is 42.6 Å². The number of sulfonamides is 1. The predicted molar refractivity (Wildman–Crippen MR) is 81.7 cm³/mol. The Morgan fingerprint density at radius 3 is 2.91 bits per heavy atom. The largest absolute Gasteiger partial charge is 0.472 e. The maximum Gasteiger partial charge on any atom is 0.233 e. The number of hydrogen-bond donors (Lipinski definition) is 0. The number of halogens is 1. The third kappa shape index (κ3) is 4.02. The van der Waals surface area contributed by atoms with E-state index < -0.39 is 15.8 Å². The molecule has 1 saturated heterocycles. The molecule has 23 heavy (non-hydrogen) atoms. The van der Waals surface area contributed by atoms with Gasteiger partial charge in [-0.05, 0) is 30.2 Å². The topological polar surface area (TPSA) is 72.4 Å². The zero-order chi connectivity index (χ0) is 16.3. The average Bonchev–Trinajstić information content (AvgIpc) is 2.97. The number of nitrogens with zero attached hydrogens (tertiary/aromatic N) is 3. The summed E-state index contributed by atoms with van der Waals surface area (Å²) in [7, 11) is -3.50. The molecule has 0 unspecified atom stereocenters. The highest BCUT2D eigenvalue weighted by Crippen LogP contribution is 2.21. The number of ether oxygens (including phenoxy) is 1. The molecule has 0 aliphatic carbocycles. The van der Waals surface area contributed by atoms with Gasteiger partial charge in [0.25, 0.3) is 0 Å². The van der Waals surface area contributed by atoms with Crippen LogP contribution in [0, 0.1) is 5.82 Å². The van der Waals surface area contributed by atoms with Crippen LogP contribution in [0.5, 0.6) is 5.88 Å². The highest BCUT2D eigenvalue weighted by molar-refractivity contribution is 7.88. The fraction of sp³-hybridized carbons (Fsp3) is 0.333. The summed E-state index contributed by atoms with van der Waals surface area (Å²) < 4.78 is 45.0. The summed E-state index contributed by atoms with van der Waals surface area (Å²) in [6.07, 6.45) is 1.87. The van der Waals surface area contributed by atoms with Gasteiger partial charge >= 0.3 is 0 Å². The van der Waals surface area contributed by atoms with Crippen molar-refractivity contribution in [1.29, 1.82) is 0 Å². The molecule has 1 aromatic heterocycles. The molecule has 122 valence electrons. The molecule has 0 amide bonds. The molecule has 0 saturated carbocycles. The SMILES string of the molecule is O=S(=O)(Cc1cccc(F)c1)N1CC[C@H](Oc2cccnn2)C1. The Morgan fingerprint density at radius 1 is 1.30 bits per heavy atom. The summed E-state index contributed by atoms with van der Waals surface area (Å²) in [6.45, 7) is 0.636. The second-order valence-electron chi connectivity index (χ2n) is 5.33. The van der Waals surface area contributed by atoms with Gasteiger partial charge in [0.1, 0.15) is 11.9 Å². The van der Waals surface area contributed by atoms with Crippen molar-refractivity contribution in [2.75, 3.05) is 13.1 Å². The first kappa shape index (κ1) is 15.8. The predicted octanol–water partition coefficient (Wildman–Crippen LogP) is 1.60. The molecule has 0 radical (unpaired) electrons. The fourth-order valence-corrected chi connectivity index (χ4v) is 4.06. The summed E-state index contributed by atoms with van der Waals surface area (Å²) in [5, 5.41) is 7.54. The Morgan fingerprint density at radius 2 is 2.17 bits per heavy atom. The minimum absolute atomic E-state index is 0.220. The molecule has 1 aliphatic heterocycles. The van der Waals surface area contributed by atoms with E-state index in [1.165, 1.54) is 28.7 Å². The second kappa shape index (κ2) is 6.59. The van der Waals surface area contributed by atoms with Crippen LogP contribution >= 0.6 is 0 Å². The smallest absolute Gasteiger partial charge is 0.233 e. The number of aromatic nitrogens is 2. The van der Waals surface area contributed by atoms with Gasteiger partial charge < -0.3 is 4.74 Å². The first-order valence-electron chi connectivity index (χ1n) is 7.19. The van der Waals surface area contributed by atoms with Crippen molar-refractivity contribution in [3.8, 4) is 5.88 Å². The van der Waals surface area contributed by atoms with E-state index in [2.05, 4.69) is 10.2 Å². The van der Waals surface area contributed by atoms with Gasteiger partial charge in [0.15, 0.2) is 0 Å². The Labute approximate surface area is 134 Å². The van der Waals surface area contributed by atoms with E-state index in [4.69, 9.17) is 4.74 Å². The van der Waals surface area contributed by atoms with E-state index >= 15 is 0 Å². The van der Waals surface area contributed by atoms with Crippen LogP contribution < -0.4 is 4.74 Å². The molecule has 1 aliphatic rings. The van der Waals surface area contributed by atoms with Gasteiger partial charge in [-0.3, -0.25) is 0 Å². The van der Waals surface area contributed by atoms with Crippen LogP contribution in [0.2, 0.25) is 0 Å². The third-order valence-corrected chi connectivity index (χ3v) is 5.39. The molecule has 3 rings (SSSR count). The van der Waals surface area contributed by atoms with Gasteiger partial charge in [-0.25, -0.2) is 12.8 Å². The lowest BCUT2D eigenvalue weighted by atomic mass is 10.2. The quantitative estimate of drug-likeness (QED) is 0.829. The number of benzene rings is 1. The number of hydrogen-bond acceptors (Lipinski definition) is 5. The van der Waals surface area contributed by atoms with Crippen molar-refractivity contribution in [1.82, 2.24) is 14.5 Å². The van der Waals surface area contributed by atoms with Crippen molar-refractivity contribution in [2.24, 2.45) is 0 Å². The molecule has 0 N–H and O–H groups in total. The summed E-state index contributed by atoms with van der Waals surface area (Å²) in [5.74, 6) is -0.285. The zero-order valence-corrected chi connectivity index (χ0v) is 13.1. The highest BCUT2D eigenvalue weighted by Gasteiger charge is 2.32. The standard InChI is InChI=1S/C15H16FN3O3S/c16-13-4-1-3-12(9-13)11-23(20,21)19-8-6-14(10-19)22-15-5-2-7-17-18-15/h1-5,7,9,14H,6,8,10-11H2/t14-/m0/s1. The summed E-state index contributed by atoms with van der Waals surface area (Å²) in [4.78, 5) is 0. The lowest BCUT2D eigenvalue weighted by Crippen LogP contribution is -2.32. The van der Waals surface area contributed by atoms with E-state index in [1.54, 1.807) is 18.2 Å². The van der Waals surface area contributed by atoms with Gasteiger partial charge in [0.2, 0.25) is 15.9 Å². The molecule has 2 heterocycles. The minimum Gasteiger partial charge on any atom is -0.472 e. The monoisotopic (exact) mass is 337 g/mol. The molecule has 6 nitrogen and oxygen atoms in total. The zero-order valence-electron chi connectivity index (χ0n) is 12.3. The van der Waals surface area contributed by atoms with Crippen molar-refractivity contribution in [3.05, 3.63) is 54.0 Å². The molecule has 0 bridgehead atoms. The summed E-state index contributed by atoms with van der Waals surface area (Å²) in [6, 6.07) is 9.01. The Bertz CT molecular complexity index is 771. The fourth-order valence-electron chi connectivity index (χ4n) is 2.50. The van der Waals surface area contributed by atoms with E-state index in [-0.39, 0.29) is 18.4 Å². The van der Waals surface area contributed by atoms with Gasteiger partial charge in [-0.2, -0.15) is 9.40 Å². The molecule has 2 aromatic rings. The van der Waals surface area contributed by atoms with Crippen molar-refractivity contribution < 1.29 is 17.5 Å². The molecule has 1 aromatic carbocycles. The third-order valence-electron chi connectivity index (χ3n) is 3.57.